The number of methoxy groups -OCH3 is 1. The maximum absolute atomic E-state index is 12.3. The number of hydrogen-bond acceptors (Lipinski definition) is 5. The van der Waals surface area contributed by atoms with Gasteiger partial charge in [-0.05, 0) is 63.4 Å². The molecule has 1 fully saturated rings. The normalized spacial score (nSPS) is 18.0. The van der Waals surface area contributed by atoms with Gasteiger partial charge in [0, 0.05) is 36.4 Å². The van der Waals surface area contributed by atoms with Gasteiger partial charge in [0.25, 0.3) is 5.91 Å². The maximum Gasteiger partial charge on any atom is 0.257 e. The first kappa shape index (κ1) is 21.9. The number of carbonyl (C=O) groups is 1. The van der Waals surface area contributed by atoms with Gasteiger partial charge in [0.05, 0.1) is 6.61 Å². The lowest BCUT2D eigenvalue weighted by atomic mass is 9.79. The molecule has 4 rings (SSSR count). The molecule has 0 radical (unpaired) electrons. The Bertz CT molecular complexity index is 824. The van der Waals surface area contributed by atoms with Crippen LogP contribution in [-0.2, 0) is 22.4 Å². The topological polar surface area (TPSA) is 72.7 Å². The number of ether oxygens (including phenoxy) is 2. The second kappa shape index (κ2) is 9.83. The van der Waals surface area contributed by atoms with Crippen LogP contribution >= 0.6 is 12.4 Å². The number of benzene rings is 1. The van der Waals surface area contributed by atoms with Crippen LogP contribution in [0.3, 0.4) is 0 Å². The summed E-state index contributed by atoms with van der Waals surface area (Å²) >= 11 is 0. The number of carbonyl (C=O) groups excluding carboxylic acids is 1. The summed E-state index contributed by atoms with van der Waals surface area (Å²) in [4.78, 5) is 12.3. The summed E-state index contributed by atoms with van der Waals surface area (Å²) in [6.07, 6.45) is 6.48. The Morgan fingerprint density at radius 3 is 2.83 bits per heavy atom. The van der Waals surface area contributed by atoms with Crippen LogP contribution in [0.5, 0.6) is 5.75 Å². The van der Waals surface area contributed by atoms with Gasteiger partial charge in [-0.3, -0.25) is 4.79 Å². The van der Waals surface area contributed by atoms with E-state index in [4.69, 9.17) is 13.9 Å². The Morgan fingerprint density at radius 2 is 2.03 bits per heavy atom. The third kappa shape index (κ3) is 5.05. The van der Waals surface area contributed by atoms with Crippen LogP contribution in [0.1, 0.15) is 37.0 Å². The third-order valence-corrected chi connectivity index (χ3v) is 6.07. The monoisotopic (exact) mass is 422 g/mol. The Labute approximate surface area is 178 Å². The van der Waals surface area contributed by atoms with Gasteiger partial charge in [-0.2, -0.15) is 0 Å². The van der Waals surface area contributed by atoms with E-state index in [1.807, 2.05) is 18.2 Å². The average molecular weight is 423 g/mol. The zero-order valence-electron chi connectivity index (χ0n) is 17.1. The molecule has 1 saturated heterocycles. The molecular weight excluding hydrogens is 392 g/mol. The number of aryl methyl sites for hydroxylation is 2. The number of amides is 1. The summed E-state index contributed by atoms with van der Waals surface area (Å²) < 4.78 is 17.1. The van der Waals surface area contributed by atoms with Crippen molar-refractivity contribution in [1.29, 1.82) is 0 Å². The molecule has 160 valence electrons. The molecule has 2 heterocycles. The van der Waals surface area contributed by atoms with Crippen molar-refractivity contribution in [3.63, 3.8) is 0 Å². The van der Waals surface area contributed by atoms with E-state index in [-0.39, 0.29) is 30.3 Å². The fraction of sp³-hybridized carbons (Fsp3) is 0.591. The molecule has 2 N–H and O–H groups in total. The molecule has 1 amide bonds. The Morgan fingerprint density at radius 1 is 1.24 bits per heavy atom. The van der Waals surface area contributed by atoms with Gasteiger partial charge >= 0.3 is 0 Å². The molecule has 1 aromatic carbocycles. The van der Waals surface area contributed by atoms with E-state index < -0.39 is 0 Å². The van der Waals surface area contributed by atoms with Crippen molar-refractivity contribution in [3.05, 3.63) is 29.5 Å². The molecule has 1 aromatic heterocycles. The van der Waals surface area contributed by atoms with Gasteiger partial charge < -0.3 is 24.5 Å². The van der Waals surface area contributed by atoms with Crippen LogP contribution in [0.4, 0.5) is 0 Å². The minimum Gasteiger partial charge on any atom is -0.484 e. The van der Waals surface area contributed by atoms with Crippen LogP contribution in [0.2, 0.25) is 0 Å². The molecule has 2 aromatic rings. The highest BCUT2D eigenvalue weighted by atomic mass is 35.5. The van der Waals surface area contributed by atoms with Gasteiger partial charge in [-0.25, -0.2) is 0 Å². The van der Waals surface area contributed by atoms with Crippen LogP contribution in [0.25, 0.3) is 11.0 Å². The van der Waals surface area contributed by atoms with E-state index in [0.29, 0.717) is 18.9 Å². The van der Waals surface area contributed by atoms with Crippen molar-refractivity contribution < 1.29 is 18.7 Å². The zero-order chi connectivity index (χ0) is 19.4. The molecule has 0 atom stereocenters. The highest BCUT2D eigenvalue weighted by Crippen LogP contribution is 2.34. The molecule has 0 unspecified atom stereocenters. The second-order valence-corrected chi connectivity index (χ2v) is 8.12. The van der Waals surface area contributed by atoms with Gasteiger partial charge in [0.2, 0.25) is 0 Å². The van der Waals surface area contributed by atoms with E-state index in [9.17, 15) is 4.79 Å². The number of hydrogen-bond donors (Lipinski definition) is 2. The fourth-order valence-electron chi connectivity index (χ4n) is 4.45. The summed E-state index contributed by atoms with van der Waals surface area (Å²) in [7, 11) is 1.72. The number of fused-ring (bicyclic) bond motifs is 3. The summed E-state index contributed by atoms with van der Waals surface area (Å²) in [5, 5.41) is 7.53. The first-order valence-corrected chi connectivity index (χ1v) is 10.3. The van der Waals surface area contributed by atoms with Crippen molar-refractivity contribution in [1.82, 2.24) is 10.6 Å². The Hall–Kier alpha value is -1.76. The largest absolute Gasteiger partial charge is 0.484 e. The lowest BCUT2D eigenvalue weighted by Crippen LogP contribution is -2.47. The van der Waals surface area contributed by atoms with Crippen molar-refractivity contribution in [2.45, 2.75) is 38.5 Å². The SMILES string of the molecule is COCC1(CNC(=O)COc2ccc3oc4c(c3c2)CCCC4)CCNCC1.Cl. The summed E-state index contributed by atoms with van der Waals surface area (Å²) in [6, 6.07) is 5.84. The molecule has 0 bridgehead atoms. The standard InChI is InChI=1S/C22H30N2O4.ClH/c1-26-15-22(8-10-23-11-9-22)14-24-21(25)13-27-16-6-7-20-18(12-16)17-4-2-3-5-19(17)28-20;/h6-7,12,23H,2-5,8-11,13-15H2,1H3,(H,24,25);1H. The van der Waals surface area contributed by atoms with Crippen molar-refractivity contribution in [2.24, 2.45) is 5.41 Å². The van der Waals surface area contributed by atoms with Gasteiger partial charge in [-0.15, -0.1) is 12.4 Å². The molecule has 2 aliphatic rings. The molecule has 1 aliphatic heterocycles. The van der Waals surface area contributed by atoms with E-state index in [1.54, 1.807) is 7.11 Å². The molecule has 0 saturated carbocycles. The van der Waals surface area contributed by atoms with Crippen LogP contribution in [0.15, 0.2) is 22.6 Å². The van der Waals surface area contributed by atoms with Crippen molar-refractivity contribution in [2.75, 3.05) is 40.0 Å². The van der Waals surface area contributed by atoms with Crippen LogP contribution in [-0.4, -0.2) is 45.9 Å². The summed E-state index contributed by atoms with van der Waals surface area (Å²) in [6.45, 7) is 3.24. The summed E-state index contributed by atoms with van der Waals surface area (Å²) in [5.74, 6) is 1.73. The number of rotatable bonds is 7. The molecule has 1 aliphatic carbocycles. The number of piperidine rings is 1. The van der Waals surface area contributed by atoms with Crippen LogP contribution in [0, 0.1) is 5.41 Å². The quantitative estimate of drug-likeness (QED) is 0.716. The first-order chi connectivity index (χ1) is 13.7. The van der Waals surface area contributed by atoms with Gasteiger partial charge in [-0.1, -0.05) is 0 Å². The van der Waals surface area contributed by atoms with Gasteiger partial charge in [0.1, 0.15) is 17.1 Å². The lowest BCUT2D eigenvalue weighted by molar-refractivity contribution is -0.124. The maximum atomic E-state index is 12.3. The minimum atomic E-state index is -0.0941. The molecular formula is C22H31ClN2O4. The van der Waals surface area contributed by atoms with E-state index in [1.165, 1.54) is 18.4 Å². The molecule has 0 spiro atoms. The minimum absolute atomic E-state index is 0. The van der Waals surface area contributed by atoms with Crippen LogP contribution < -0.4 is 15.4 Å². The highest BCUT2D eigenvalue weighted by Gasteiger charge is 2.32. The molecule has 29 heavy (non-hydrogen) atoms. The first-order valence-electron chi connectivity index (χ1n) is 10.3. The zero-order valence-corrected chi connectivity index (χ0v) is 17.9. The van der Waals surface area contributed by atoms with Crippen molar-refractivity contribution >= 4 is 29.3 Å². The predicted octanol–water partition coefficient (Wildman–Crippen LogP) is 3.24. The van der Waals surface area contributed by atoms with E-state index in [0.717, 1.165) is 55.5 Å². The summed E-state index contributed by atoms with van der Waals surface area (Å²) in [5.41, 5.74) is 2.24. The highest BCUT2D eigenvalue weighted by molar-refractivity contribution is 5.85. The third-order valence-electron chi connectivity index (χ3n) is 6.07. The smallest absolute Gasteiger partial charge is 0.257 e. The van der Waals surface area contributed by atoms with Gasteiger partial charge in [0.15, 0.2) is 6.61 Å². The fourth-order valence-corrected chi connectivity index (χ4v) is 4.45. The average Bonchev–Trinajstić information content (AvgIpc) is 3.10. The lowest BCUT2D eigenvalue weighted by Gasteiger charge is -2.37. The second-order valence-electron chi connectivity index (χ2n) is 8.12. The number of halogens is 1. The van der Waals surface area contributed by atoms with E-state index in [2.05, 4.69) is 10.6 Å². The number of furan rings is 1. The molecule has 6 nitrogen and oxygen atoms in total. The van der Waals surface area contributed by atoms with E-state index >= 15 is 0 Å². The Kier molecular flexibility index (Phi) is 7.44. The number of nitrogens with one attached hydrogen (secondary N) is 2. The Balaban J connectivity index is 0.00000240. The molecule has 7 heteroatoms. The predicted molar refractivity (Wildman–Crippen MR) is 115 cm³/mol. The van der Waals surface area contributed by atoms with Crippen molar-refractivity contribution in [3.8, 4) is 5.75 Å².